The Labute approximate surface area is 122 Å². The highest BCUT2D eigenvalue weighted by Crippen LogP contribution is 2.30. The molecule has 3 rings (SSSR count). The molecule has 6 nitrogen and oxygen atoms in total. The molecule has 2 heterocycles. The van der Waals surface area contributed by atoms with Gasteiger partial charge < -0.3 is 15.0 Å². The van der Waals surface area contributed by atoms with E-state index in [1.165, 1.54) is 12.1 Å². The summed E-state index contributed by atoms with van der Waals surface area (Å²) in [4.78, 5) is 2.13. The lowest BCUT2D eigenvalue weighted by Crippen LogP contribution is -2.43. The van der Waals surface area contributed by atoms with Gasteiger partial charge in [0.15, 0.2) is 0 Å². The molecule has 1 aromatic carbocycles. The maximum atomic E-state index is 13.5. The van der Waals surface area contributed by atoms with Crippen LogP contribution in [0, 0.1) is 5.82 Å². The van der Waals surface area contributed by atoms with Crippen molar-refractivity contribution < 1.29 is 9.13 Å². The summed E-state index contributed by atoms with van der Waals surface area (Å²) in [7, 11) is 1.81. The third-order valence-electron chi connectivity index (χ3n) is 3.40. The number of nitrogens with zero attached hydrogens (tertiary/aromatic N) is 4. The lowest BCUT2D eigenvalue weighted by Gasteiger charge is -2.30. The molecule has 21 heavy (non-hydrogen) atoms. The smallest absolute Gasteiger partial charge is 0.143 e. The Hall–Kier alpha value is -2.15. The average molecular weight is 291 g/mol. The van der Waals surface area contributed by atoms with Gasteiger partial charge in [-0.25, -0.2) is 4.39 Å². The second kappa shape index (κ2) is 6.09. The largest absolute Gasteiger partial charge is 0.485 e. The van der Waals surface area contributed by atoms with Gasteiger partial charge in [0.1, 0.15) is 23.9 Å². The Morgan fingerprint density at radius 3 is 2.86 bits per heavy atom. The first-order chi connectivity index (χ1) is 10.2. The maximum Gasteiger partial charge on any atom is 0.143 e. The standard InChI is InChI=1S/C14H18FN5O/c1-19-9-12(17-18-19)10-21-14-3-2-11(15)8-13(14)20-6-4-16-5-7-20/h2-3,8-9,16H,4-7,10H2,1H3. The van der Waals surface area contributed by atoms with Crippen LogP contribution in [-0.2, 0) is 13.7 Å². The topological polar surface area (TPSA) is 55.2 Å². The lowest BCUT2D eigenvalue weighted by atomic mass is 10.2. The zero-order chi connectivity index (χ0) is 14.7. The summed E-state index contributed by atoms with van der Waals surface area (Å²) in [6.45, 7) is 3.77. The third-order valence-corrected chi connectivity index (χ3v) is 3.40. The molecule has 0 radical (unpaired) electrons. The Kier molecular flexibility index (Phi) is 4.01. The van der Waals surface area contributed by atoms with E-state index in [1.807, 2.05) is 0 Å². The van der Waals surface area contributed by atoms with Crippen molar-refractivity contribution in [2.75, 3.05) is 31.1 Å². The summed E-state index contributed by atoms with van der Waals surface area (Å²) in [5, 5.41) is 11.1. The number of halogens is 1. The Morgan fingerprint density at radius 2 is 2.14 bits per heavy atom. The lowest BCUT2D eigenvalue weighted by molar-refractivity contribution is 0.300. The molecule has 1 saturated heterocycles. The van der Waals surface area contributed by atoms with Crippen molar-refractivity contribution >= 4 is 5.69 Å². The highest BCUT2D eigenvalue weighted by atomic mass is 19.1. The second-order valence-electron chi connectivity index (χ2n) is 5.02. The molecule has 0 bridgehead atoms. The van der Waals surface area contributed by atoms with Gasteiger partial charge in [0, 0.05) is 39.3 Å². The van der Waals surface area contributed by atoms with Crippen LogP contribution in [0.1, 0.15) is 5.69 Å². The summed E-state index contributed by atoms with van der Waals surface area (Å²) in [6.07, 6.45) is 1.80. The molecule has 1 fully saturated rings. The van der Waals surface area contributed by atoms with Gasteiger partial charge in [0.25, 0.3) is 0 Å². The van der Waals surface area contributed by atoms with Crippen LogP contribution in [0.25, 0.3) is 0 Å². The van der Waals surface area contributed by atoms with Crippen molar-refractivity contribution in [3.8, 4) is 5.75 Å². The molecule has 0 unspecified atom stereocenters. The quantitative estimate of drug-likeness (QED) is 0.908. The third kappa shape index (κ3) is 3.30. The molecule has 0 atom stereocenters. The minimum Gasteiger partial charge on any atom is -0.485 e. The Bertz CT molecular complexity index is 609. The molecule has 112 valence electrons. The van der Waals surface area contributed by atoms with Crippen LogP contribution in [0.15, 0.2) is 24.4 Å². The van der Waals surface area contributed by atoms with Crippen molar-refractivity contribution in [3.63, 3.8) is 0 Å². The molecule has 2 aromatic rings. The summed E-state index contributed by atoms with van der Waals surface area (Å²) < 4.78 is 21.0. The van der Waals surface area contributed by atoms with Crippen molar-refractivity contribution in [2.45, 2.75) is 6.61 Å². The minimum absolute atomic E-state index is 0.254. The zero-order valence-corrected chi connectivity index (χ0v) is 11.9. The molecular weight excluding hydrogens is 273 g/mol. The molecule has 7 heteroatoms. The van der Waals surface area contributed by atoms with E-state index in [9.17, 15) is 4.39 Å². The summed E-state index contributed by atoms with van der Waals surface area (Å²) >= 11 is 0. The maximum absolute atomic E-state index is 13.5. The van der Waals surface area contributed by atoms with E-state index >= 15 is 0 Å². The van der Waals surface area contributed by atoms with E-state index in [0.29, 0.717) is 12.4 Å². The van der Waals surface area contributed by atoms with Gasteiger partial charge in [-0.2, -0.15) is 0 Å². The summed E-state index contributed by atoms with van der Waals surface area (Å²) in [5.41, 5.74) is 1.54. The number of anilines is 1. The van der Waals surface area contributed by atoms with Crippen molar-refractivity contribution in [1.29, 1.82) is 0 Å². The fraction of sp³-hybridized carbons (Fsp3) is 0.429. The van der Waals surface area contributed by atoms with Crippen molar-refractivity contribution in [1.82, 2.24) is 20.3 Å². The zero-order valence-electron chi connectivity index (χ0n) is 11.9. The molecule has 0 amide bonds. The van der Waals surface area contributed by atoms with E-state index in [-0.39, 0.29) is 5.82 Å². The number of hydrogen-bond donors (Lipinski definition) is 1. The number of ether oxygens (including phenoxy) is 1. The van der Waals surface area contributed by atoms with Crippen LogP contribution in [0.3, 0.4) is 0 Å². The average Bonchev–Trinajstić information content (AvgIpc) is 2.92. The summed E-state index contributed by atoms with van der Waals surface area (Å²) in [5.74, 6) is 0.416. The first-order valence-electron chi connectivity index (χ1n) is 6.95. The van der Waals surface area contributed by atoms with Gasteiger partial charge >= 0.3 is 0 Å². The molecule has 1 aromatic heterocycles. The van der Waals surface area contributed by atoms with Crippen molar-refractivity contribution in [2.24, 2.45) is 7.05 Å². The minimum atomic E-state index is -0.254. The van der Waals surface area contributed by atoms with Crippen LogP contribution < -0.4 is 15.0 Å². The Balaban J connectivity index is 1.77. The number of piperazine rings is 1. The highest BCUT2D eigenvalue weighted by Gasteiger charge is 2.16. The Morgan fingerprint density at radius 1 is 1.33 bits per heavy atom. The molecule has 0 saturated carbocycles. The molecule has 0 aliphatic carbocycles. The molecule has 0 spiro atoms. The highest BCUT2D eigenvalue weighted by molar-refractivity contribution is 5.59. The van der Waals surface area contributed by atoms with E-state index in [1.54, 1.807) is 24.0 Å². The number of aryl methyl sites for hydroxylation is 1. The van der Waals surface area contributed by atoms with E-state index < -0.39 is 0 Å². The molecule has 1 aliphatic heterocycles. The number of rotatable bonds is 4. The van der Waals surface area contributed by atoms with Crippen LogP contribution in [0.5, 0.6) is 5.75 Å². The van der Waals surface area contributed by atoms with Crippen LogP contribution in [-0.4, -0.2) is 41.2 Å². The summed E-state index contributed by atoms with van der Waals surface area (Å²) in [6, 6.07) is 4.61. The molecular formula is C14H18FN5O. The first-order valence-corrected chi connectivity index (χ1v) is 6.95. The van der Waals surface area contributed by atoms with Crippen LogP contribution >= 0.6 is 0 Å². The van der Waals surface area contributed by atoms with Crippen LogP contribution in [0.4, 0.5) is 10.1 Å². The predicted octanol–water partition coefficient (Wildman–Crippen LogP) is 0.943. The second-order valence-corrected chi connectivity index (χ2v) is 5.02. The van der Waals surface area contributed by atoms with Gasteiger partial charge in [-0.05, 0) is 12.1 Å². The number of aromatic nitrogens is 3. The van der Waals surface area contributed by atoms with E-state index in [4.69, 9.17) is 4.74 Å². The van der Waals surface area contributed by atoms with Crippen LogP contribution in [0.2, 0.25) is 0 Å². The number of nitrogens with one attached hydrogen (secondary N) is 1. The number of hydrogen-bond acceptors (Lipinski definition) is 5. The first kappa shape index (κ1) is 13.8. The van der Waals surface area contributed by atoms with Gasteiger partial charge in [0.2, 0.25) is 0 Å². The van der Waals surface area contributed by atoms with Gasteiger partial charge in [-0.3, -0.25) is 4.68 Å². The number of benzene rings is 1. The fourth-order valence-corrected chi connectivity index (χ4v) is 2.38. The van der Waals surface area contributed by atoms with Gasteiger partial charge in [-0.15, -0.1) is 5.10 Å². The van der Waals surface area contributed by atoms with E-state index in [2.05, 4.69) is 20.5 Å². The van der Waals surface area contributed by atoms with E-state index in [0.717, 1.165) is 37.6 Å². The predicted molar refractivity (Wildman–Crippen MR) is 76.8 cm³/mol. The SMILES string of the molecule is Cn1cc(COc2ccc(F)cc2N2CCNCC2)nn1. The van der Waals surface area contributed by atoms with Gasteiger partial charge in [0.05, 0.1) is 11.9 Å². The molecule has 1 N–H and O–H groups in total. The monoisotopic (exact) mass is 291 g/mol. The molecule has 1 aliphatic rings. The fourth-order valence-electron chi connectivity index (χ4n) is 2.38. The van der Waals surface area contributed by atoms with Crippen molar-refractivity contribution in [3.05, 3.63) is 35.9 Å². The van der Waals surface area contributed by atoms with Gasteiger partial charge in [-0.1, -0.05) is 5.21 Å². The normalized spacial score (nSPS) is 15.2.